The van der Waals surface area contributed by atoms with E-state index in [-0.39, 0.29) is 17.3 Å². The lowest BCUT2D eigenvalue weighted by atomic mass is 9.66. The Morgan fingerprint density at radius 2 is 2.00 bits per heavy atom. The minimum absolute atomic E-state index is 0.0737. The lowest BCUT2D eigenvalue weighted by molar-refractivity contribution is -0.143. The van der Waals surface area contributed by atoms with Crippen LogP contribution in [0.4, 0.5) is 0 Å². The minimum Gasteiger partial charge on any atom is -0.481 e. The van der Waals surface area contributed by atoms with Gasteiger partial charge in [0.05, 0.1) is 12.5 Å². The average molecular weight is 314 g/mol. The third-order valence-corrected chi connectivity index (χ3v) is 5.02. The van der Waals surface area contributed by atoms with Gasteiger partial charge < -0.3 is 21.6 Å². The molecule has 1 heterocycles. The van der Waals surface area contributed by atoms with Gasteiger partial charge in [-0.3, -0.25) is 9.79 Å². The smallest absolute Gasteiger partial charge is 0.306 e. The number of guanidine groups is 1. The molecule has 23 heavy (non-hydrogen) atoms. The molecule has 1 fully saturated rings. The molecule has 1 aromatic carbocycles. The monoisotopic (exact) mass is 314 g/mol. The Labute approximate surface area is 134 Å². The molecular weight excluding hydrogens is 292 g/mol. The van der Waals surface area contributed by atoms with Crippen molar-refractivity contribution in [1.82, 2.24) is 4.98 Å². The number of para-hydroxylation sites is 1. The summed E-state index contributed by atoms with van der Waals surface area (Å²) in [5.74, 6) is -0.906. The summed E-state index contributed by atoms with van der Waals surface area (Å²) in [5, 5.41) is 10.4. The van der Waals surface area contributed by atoms with E-state index in [1.807, 2.05) is 24.4 Å². The van der Waals surface area contributed by atoms with Crippen molar-refractivity contribution in [3.05, 3.63) is 36.0 Å². The molecule has 0 radical (unpaired) electrons. The van der Waals surface area contributed by atoms with Gasteiger partial charge in [-0.15, -0.1) is 0 Å². The third-order valence-electron chi connectivity index (χ3n) is 5.02. The average Bonchev–Trinajstić information content (AvgIpc) is 2.98. The quantitative estimate of drug-likeness (QED) is 0.509. The highest BCUT2D eigenvalue weighted by molar-refractivity contribution is 5.84. The van der Waals surface area contributed by atoms with Crippen LogP contribution in [0.2, 0.25) is 0 Å². The van der Waals surface area contributed by atoms with Crippen molar-refractivity contribution in [3.8, 4) is 0 Å². The van der Waals surface area contributed by atoms with Gasteiger partial charge in [0, 0.05) is 22.5 Å². The zero-order valence-electron chi connectivity index (χ0n) is 13.0. The van der Waals surface area contributed by atoms with E-state index in [2.05, 4.69) is 16.0 Å². The highest BCUT2D eigenvalue weighted by Crippen LogP contribution is 2.44. The molecule has 0 saturated heterocycles. The van der Waals surface area contributed by atoms with Gasteiger partial charge in [-0.25, -0.2) is 0 Å². The predicted molar refractivity (Wildman–Crippen MR) is 90.2 cm³/mol. The number of nitrogens with two attached hydrogens (primary N) is 2. The first-order chi connectivity index (χ1) is 11.0. The Morgan fingerprint density at radius 3 is 2.65 bits per heavy atom. The first kappa shape index (κ1) is 15.4. The summed E-state index contributed by atoms with van der Waals surface area (Å²) in [4.78, 5) is 18.8. The number of aromatic nitrogens is 1. The third kappa shape index (κ3) is 2.88. The van der Waals surface area contributed by atoms with Crippen molar-refractivity contribution in [1.29, 1.82) is 0 Å². The molecule has 6 N–H and O–H groups in total. The first-order valence-corrected chi connectivity index (χ1v) is 7.87. The van der Waals surface area contributed by atoms with E-state index in [0.717, 1.165) is 23.7 Å². The maximum absolute atomic E-state index is 11.3. The number of aliphatic carboxylic acids is 1. The molecule has 6 nitrogen and oxygen atoms in total. The number of carboxylic acids is 1. The van der Waals surface area contributed by atoms with Gasteiger partial charge >= 0.3 is 5.97 Å². The molecule has 3 rings (SSSR count). The Morgan fingerprint density at radius 1 is 1.30 bits per heavy atom. The number of carboxylic acid groups (broad SMARTS) is 1. The predicted octanol–water partition coefficient (Wildman–Crippen LogP) is 1.95. The number of aromatic amines is 1. The molecule has 0 aliphatic heterocycles. The van der Waals surface area contributed by atoms with Gasteiger partial charge in [-0.05, 0) is 37.3 Å². The van der Waals surface area contributed by atoms with Crippen LogP contribution in [0.3, 0.4) is 0 Å². The zero-order chi connectivity index (χ0) is 16.4. The van der Waals surface area contributed by atoms with Crippen LogP contribution in [-0.2, 0) is 10.2 Å². The van der Waals surface area contributed by atoms with Crippen molar-refractivity contribution in [2.24, 2.45) is 22.4 Å². The lowest BCUT2D eigenvalue weighted by Gasteiger charge is -2.38. The van der Waals surface area contributed by atoms with Crippen LogP contribution in [0.15, 0.2) is 35.5 Å². The molecule has 0 amide bonds. The lowest BCUT2D eigenvalue weighted by Crippen LogP contribution is -2.38. The Kier molecular flexibility index (Phi) is 3.98. The number of nitrogens with zero attached hydrogens (tertiary/aromatic N) is 1. The van der Waals surface area contributed by atoms with Crippen LogP contribution in [0, 0.1) is 5.92 Å². The Bertz CT molecular complexity index is 738. The molecule has 1 saturated carbocycles. The fraction of sp³-hybridized carbons (Fsp3) is 0.412. The van der Waals surface area contributed by atoms with Crippen LogP contribution >= 0.6 is 0 Å². The Hall–Kier alpha value is -2.50. The highest BCUT2D eigenvalue weighted by Gasteiger charge is 2.40. The second kappa shape index (κ2) is 5.95. The van der Waals surface area contributed by atoms with Crippen molar-refractivity contribution < 1.29 is 9.90 Å². The molecule has 1 aliphatic carbocycles. The van der Waals surface area contributed by atoms with Gasteiger partial charge in [0.1, 0.15) is 0 Å². The number of H-pyrrole nitrogens is 1. The van der Waals surface area contributed by atoms with Gasteiger partial charge in [-0.2, -0.15) is 0 Å². The summed E-state index contributed by atoms with van der Waals surface area (Å²) in [7, 11) is 0. The minimum atomic E-state index is -0.709. The molecule has 1 aliphatic rings. The summed E-state index contributed by atoms with van der Waals surface area (Å²) in [6.45, 7) is 0.490. The highest BCUT2D eigenvalue weighted by atomic mass is 16.4. The standard InChI is InChI=1S/C17H22N4O2/c18-16(19)21-10-17(7-5-11(6-8-17)15(22)23)13-9-20-14-4-2-1-3-12(13)14/h1-4,9,11,20H,5-8,10H2,(H,22,23)(H4,18,19,21). The van der Waals surface area contributed by atoms with E-state index in [4.69, 9.17) is 11.5 Å². The van der Waals surface area contributed by atoms with E-state index < -0.39 is 5.97 Å². The number of carbonyl (C=O) groups is 1. The molecule has 122 valence electrons. The maximum atomic E-state index is 11.3. The molecule has 0 spiro atoms. The molecule has 0 atom stereocenters. The van der Waals surface area contributed by atoms with Crippen LogP contribution in [0.25, 0.3) is 10.9 Å². The largest absolute Gasteiger partial charge is 0.481 e. The summed E-state index contributed by atoms with van der Waals surface area (Å²) >= 11 is 0. The fourth-order valence-corrected chi connectivity index (χ4v) is 3.68. The maximum Gasteiger partial charge on any atom is 0.306 e. The molecule has 0 unspecified atom stereocenters. The second-order valence-corrected chi connectivity index (χ2v) is 6.38. The number of fused-ring (bicyclic) bond motifs is 1. The Balaban J connectivity index is 1.99. The van der Waals surface area contributed by atoms with Gasteiger partial charge in [0.15, 0.2) is 5.96 Å². The van der Waals surface area contributed by atoms with Gasteiger partial charge in [0.25, 0.3) is 0 Å². The van der Waals surface area contributed by atoms with E-state index >= 15 is 0 Å². The number of rotatable bonds is 4. The molecule has 1 aromatic heterocycles. The van der Waals surface area contributed by atoms with Crippen molar-refractivity contribution in [2.45, 2.75) is 31.1 Å². The summed E-state index contributed by atoms with van der Waals surface area (Å²) in [5.41, 5.74) is 13.1. The number of nitrogens with one attached hydrogen (secondary N) is 1. The molecule has 0 bridgehead atoms. The van der Waals surface area contributed by atoms with Gasteiger partial charge in [-0.1, -0.05) is 18.2 Å². The van der Waals surface area contributed by atoms with Crippen LogP contribution < -0.4 is 11.5 Å². The summed E-state index contributed by atoms with van der Waals surface area (Å²) in [6.07, 6.45) is 4.85. The summed E-state index contributed by atoms with van der Waals surface area (Å²) in [6, 6.07) is 8.13. The summed E-state index contributed by atoms with van der Waals surface area (Å²) < 4.78 is 0. The zero-order valence-corrected chi connectivity index (χ0v) is 13.0. The first-order valence-electron chi connectivity index (χ1n) is 7.87. The number of benzene rings is 1. The van der Waals surface area contributed by atoms with E-state index in [1.54, 1.807) is 0 Å². The molecular formula is C17H22N4O2. The number of hydrogen-bond donors (Lipinski definition) is 4. The SMILES string of the molecule is NC(N)=NCC1(c2c[nH]c3ccccc23)CCC(C(=O)O)CC1. The van der Waals surface area contributed by atoms with Crippen LogP contribution in [0.1, 0.15) is 31.2 Å². The van der Waals surface area contributed by atoms with Crippen molar-refractivity contribution >= 4 is 22.8 Å². The molecule has 6 heteroatoms. The van der Waals surface area contributed by atoms with Gasteiger partial charge in [0.2, 0.25) is 0 Å². The van der Waals surface area contributed by atoms with E-state index in [1.165, 1.54) is 5.56 Å². The topological polar surface area (TPSA) is 117 Å². The number of hydrogen-bond acceptors (Lipinski definition) is 2. The van der Waals surface area contributed by atoms with Crippen LogP contribution in [-0.4, -0.2) is 28.6 Å². The number of aliphatic imine (C=N–C) groups is 1. The van der Waals surface area contributed by atoms with Crippen molar-refractivity contribution in [3.63, 3.8) is 0 Å². The fourth-order valence-electron chi connectivity index (χ4n) is 3.68. The molecule has 2 aromatic rings. The normalized spacial score (nSPS) is 24.4. The van der Waals surface area contributed by atoms with E-state index in [9.17, 15) is 9.90 Å². The second-order valence-electron chi connectivity index (χ2n) is 6.38. The van der Waals surface area contributed by atoms with E-state index in [0.29, 0.717) is 19.4 Å². The van der Waals surface area contributed by atoms with Crippen LogP contribution in [0.5, 0.6) is 0 Å². The van der Waals surface area contributed by atoms with Crippen molar-refractivity contribution in [2.75, 3.05) is 6.54 Å².